The summed E-state index contributed by atoms with van der Waals surface area (Å²) >= 11 is 0. The maximum atomic E-state index is 11.7. The van der Waals surface area contributed by atoms with Crippen LogP contribution in [0.25, 0.3) is 0 Å². The van der Waals surface area contributed by atoms with Crippen molar-refractivity contribution in [3.05, 3.63) is 35.9 Å². The largest absolute Gasteiger partial charge is 0.381 e. The van der Waals surface area contributed by atoms with Crippen LogP contribution in [0.15, 0.2) is 30.3 Å². The summed E-state index contributed by atoms with van der Waals surface area (Å²) in [6.07, 6.45) is 1.18. The first-order valence-electron chi connectivity index (χ1n) is 5.67. The number of rotatable bonds is 5. The van der Waals surface area contributed by atoms with E-state index in [1.54, 1.807) is 0 Å². The minimum Gasteiger partial charge on any atom is -0.381 e. The van der Waals surface area contributed by atoms with Gasteiger partial charge in [-0.3, -0.25) is 4.79 Å². The predicted molar refractivity (Wildman–Crippen MR) is 62.3 cm³/mol. The molecule has 1 amide bonds. The first-order valence-corrected chi connectivity index (χ1v) is 5.67. The molecule has 0 bridgehead atoms. The summed E-state index contributed by atoms with van der Waals surface area (Å²) in [5.74, 6) is 0.206. The van der Waals surface area contributed by atoms with Crippen molar-refractivity contribution >= 4 is 12.2 Å². The lowest BCUT2D eigenvalue weighted by Gasteiger charge is -2.25. The molecule has 4 heteroatoms. The zero-order valence-electron chi connectivity index (χ0n) is 9.46. The minimum absolute atomic E-state index is 0.0979. The van der Waals surface area contributed by atoms with E-state index in [2.05, 4.69) is 5.32 Å². The lowest BCUT2D eigenvalue weighted by molar-refractivity contribution is -0.128. The fraction of sp³-hybridized carbons (Fsp3) is 0.385. The van der Waals surface area contributed by atoms with Crippen molar-refractivity contribution in [2.75, 3.05) is 13.2 Å². The Morgan fingerprint density at radius 1 is 1.41 bits per heavy atom. The molecule has 1 aliphatic rings. The summed E-state index contributed by atoms with van der Waals surface area (Å²) < 4.78 is 5.00. The number of ether oxygens (including phenoxy) is 1. The second kappa shape index (κ2) is 5.59. The Balaban J connectivity index is 1.90. The third-order valence-electron chi connectivity index (χ3n) is 2.79. The molecule has 1 N–H and O–H groups in total. The summed E-state index contributed by atoms with van der Waals surface area (Å²) in [4.78, 5) is 22.6. The van der Waals surface area contributed by atoms with E-state index in [9.17, 15) is 9.59 Å². The van der Waals surface area contributed by atoms with Gasteiger partial charge in [-0.15, -0.1) is 0 Å². The molecule has 4 nitrogen and oxygen atoms in total. The van der Waals surface area contributed by atoms with Gasteiger partial charge in [0.2, 0.25) is 5.91 Å². The summed E-state index contributed by atoms with van der Waals surface area (Å²) in [5.41, 5.74) is 0.806. The number of amides is 1. The van der Waals surface area contributed by atoms with Crippen LogP contribution in [0.2, 0.25) is 0 Å². The summed E-state index contributed by atoms with van der Waals surface area (Å²) in [5, 5.41) is 2.72. The monoisotopic (exact) mass is 233 g/mol. The van der Waals surface area contributed by atoms with Crippen molar-refractivity contribution in [1.82, 2.24) is 5.32 Å². The standard InChI is InChI=1S/C13H15NO3/c15-7-12(11-4-2-1-3-5-11)14-13(16)6-10-8-17-9-10/h1-5,7,10,12H,6,8-9H2,(H,14,16). The van der Waals surface area contributed by atoms with E-state index in [-0.39, 0.29) is 5.91 Å². The second-order valence-electron chi connectivity index (χ2n) is 4.20. The van der Waals surface area contributed by atoms with Crippen molar-refractivity contribution in [1.29, 1.82) is 0 Å². The molecule has 0 saturated carbocycles. The zero-order valence-corrected chi connectivity index (χ0v) is 9.46. The number of carbonyl (C=O) groups is 2. The van der Waals surface area contributed by atoms with E-state index in [1.807, 2.05) is 30.3 Å². The van der Waals surface area contributed by atoms with Crippen molar-refractivity contribution in [2.45, 2.75) is 12.5 Å². The highest BCUT2D eigenvalue weighted by Gasteiger charge is 2.23. The van der Waals surface area contributed by atoms with E-state index < -0.39 is 6.04 Å². The highest BCUT2D eigenvalue weighted by molar-refractivity contribution is 5.80. The van der Waals surface area contributed by atoms with Crippen LogP contribution in [0.1, 0.15) is 18.0 Å². The maximum Gasteiger partial charge on any atom is 0.221 e. The zero-order chi connectivity index (χ0) is 12.1. The first kappa shape index (κ1) is 11.8. The molecule has 1 aromatic carbocycles. The van der Waals surface area contributed by atoms with Crippen molar-refractivity contribution < 1.29 is 14.3 Å². The van der Waals surface area contributed by atoms with Gasteiger partial charge in [-0.25, -0.2) is 0 Å². The van der Waals surface area contributed by atoms with E-state index >= 15 is 0 Å². The molecule has 2 rings (SSSR count). The van der Waals surface area contributed by atoms with Gasteiger partial charge < -0.3 is 14.8 Å². The number of hydrogen-bond acceptors (Lipinski definition) is 3. The third kappa shape index (κ3) is 3.14. The Labute approximate surface area is 100.0 Å². The van der Waals surface area contributed by atoms with Gasteiger partial charge in [-0.2, -0.15) is 0 Å². The van der Waals surface area contributed by atoms with Gasteiger partial charge in [0.05, 0.1) is 13.2 Å². The smallest absolute Gasteiger partial charge is 0.221 e. The fourth-order valence-corrected chi connectivity index (χ4v) is 1.75. The Hall–Kier alpha value is -1.68. The highest BCUT2D eigenvalue weighted by Crippen LogP contribution is 2.15. The van der Waals surface area contributed by atoms with E-state index in [1.165, 1.54) is 0 Å². The molecule has 0 spiro atoms. The van der Waals surface area contributed by atoms with Crippen LogP contribution < -0.4 is 5.32 Å². The van der Waals surface area contributed by atoms with Gasteiger partial charge >= 0.3 is 0 Å². The molecule has 90 valence electrons. The number of aldehydes is 1. The van der Waals surface area contributed by atoms with Crippen LogP contribution in [0, 0.1) is 5.92 Å². The molecule has 1 atom stereocenters. The van der Waals surface area contributed by atoms with E-state index in [4.69, 9.17) is 4.74 Å². The molecular weight excluding hydrogens is 218 g/mol. The fourth-order valence-electron chi connectivity index (χ4n) is 1.75. The van der Waals surface area contributed by atoms with Crippen LogP contribution in [-0.4, -0.2) is 25.4 Å². The van der Waals surface area contributed by atoms with Gasteiger partial charge in [0.1, 0.15) is 12.3 Å². The van der Waals surface area contributed by atoms with Gasteiger partial charge in [-0.1, -0.05) is 30.3 Å². The maximum absolute atomic E-state index is 11.7. The third-order valence-corrected chi connectivity index (χ3v) is 2.79. The summed E-state index contributed by atoms with van der Waals surface area (Å²) in [6.45, 7) is 1.29. The molecule has 0 radical (unpaired) electrons. The molecule has 17 heavy (non-hydrogen) atoms. The SMILES string of the molecule is O=CC(NC(=O)CC1COC1)c1ccccc1. The first-order chi connectivity index (χ1) is 8.29. The van der Waals surface area contributed by atoms with E-state index in [0.29, 0.717) is 25.6 Å². The van der Waals surface area contributed by atoms with Crippen LogP contribution in [0.3, 0.4) is 0 Å². The quantitative estimate of drug-likeness (QED) is 0.774. The van der Waals surface area contributed by atoms with Crippen LogP contribution >= 0.6 is 0 Å². The van der Waals surface area contributed by atoms with E-state index in [0.717, 1.165) is 11.8 Å². The van der Waals surface area contributed by atoms with Gasteiger partial charge in [0, 0.05) is 12.3 Å². The normalized spacial score (nSPS) is 16.9. The molecule has 1 fully saturated rings. The molecule has 1 aliphatic heterocycles. The molecule has 1 heterocycles. The summed E-state index contributed by atoms with van der Waals surface area (Å²) in [7, 11) is 0. The molecular formula is C13H15NO3. The average molecular weight is 233 g/mol. The lowest BCUT2D eigenvalue weighted by atomic mass is 10.0. The number of benzene rings is 1. The van der Waals surface area contributed by atoms with Crippen LogP contribution in [0.4, 0.5) is 0 Å². The van der Waals surface area contributed by atoms with Crippen LogP contribution in [-0.2, 0) is 14.3 Å². The summed E-state index contributed by atoms with van der Waals surface area (Å²) in [6, 6.07) is 8.66. The Morgan fingerprint density at radius 2 is 2.12 bits per heavy atom. The van der Waals surface area contributed by atoms with Crippen molar-refractivity contribution in [3.8, 4) is 0 Å². The lowest BCUT2D eigenvalue weighted by Crippen LogP contribution is -2.36. The highest BCUT2D eigenvalue weighted by atomic mass is 16.5. The predicted octanol–water partition coefficient (Wildman–Crippen LogP) is 1.08. The van der Waals surface area contributed by atoms with Crippen molar-refractivity contribution in [3.63, 3.8) is 0 Å². The number of hydrogen-bond donors (Lipinski definition) is 1. The van der Waals surface area contributed by atoms with Gasteiger partial charge in [0.25, 0.3) is 0 Å². The Kier molecular flexibility index (Phi) is 3.88. The minimum atomic E-state index is -0.551. The topological polar surface area (TPSA) is 55.4 Å². The van der Waals surface area contributed by atoms with Gasteiger partial charge in [-0.05, 0) is 5.56 Å². The number of nitrogens with one attached hydrogen (secondary N) is 1. The van der Waals surface area contributed by atoms with Crippen molar-refractivity contribution in [2.24, 2.45) is 5.92 Å². The number of carbonyl (C=O) groups excluding carboxylic acids is 2. The molecule has 1 unspecified atom stereocenters. The van der Waals surface area contributed by atoms with Crippen LogP contribution in [0.5, 0.6) is 0 Å². The molecule has 1 saturated heterocycles. The molecule has 1 aromatic rings. The molecule has 0 aromatic heterocycles. The molecule has 0 aliphatic carbocycles. The Bertz CT molecular complexity index is 387. The average Bonchev–Trinajstić information content (AvgIpc) is 2.32. The van der Waals surface area contributed by atoms with Gasteiger partial charge in [0.15, 0.2) is 0 Å². The Morgan fingerprint density at radius 3 is 2.65 bits per heavy atom. The second-order valence-corrected chi connectivity index (χ2v) is 4.20.